The van der Waals surface area contributed by atoms with Gasteiger partial charge in [0.05, 0.1) is 0 Å². The van der Waals surface area contributed by atoms with Crippen LogP contribution in [0.1, 0.15) is 12.8 Å². The van der Waals surface area contributed by atoms with Crippen LogP contribution in [-0.4, -0.2) is 34.2 Å². The summed E-state index contributed by atoms with van der Waals surface area (Å²) >= 11 is 1.52. The van der Waals surface area contributed by atoms with E-state index in [1.807, 2.05) is 10.6 Å². The van der Waals surface area contributed by atoms with Crippen LogP contribution in [0.5, 0.6) is 0 Å². The van der Waals surface area contributed by atoms with Crippen molar-refractivity contribution in [2.24, 2.45) is 0 Å². The molecule has 0 aromatic rings. The molecule has 0 aromatic carbocycles. The molecule has 0 aromatic heterocycles. The molecule has 0 unspecified atom stereocenters. The van der Waals surface area contributed by atoms with Crippen LogP contribution in [-0.2, 0) is 4.79 Å². The summed E-state index contributed by atoms with van der Waals surface area (Å²) in [5.41, 5.74) is 0. The molecule has 1 N–H and O–H groups in total. The lowest BCUT2D eigenvalue weighted by Gasteiger charge is -2.16. The van der Waals surface area contributed by atoms with Crippen molar-refractivity contribution in [1.29, 1.82) is 0 Å². The summed E-state index contributed by atoms with van der Waals surface area (Å²) in [4.78, 5) is 10.5. The van der Waals surface area contributed by atoms with E-state index in [9.17, 15) is 4.79 Å². The first-order valence-electron chi connectivity index (χ1n) is 3.29. The molecule has 58 valence electrons. The van der Waals surface area contributed by atoms with Gasteiger partial charge in [-0.2, -0.15) is 0 Å². The number of carbonyl (C=O) groups is 1. The fourth-order valence-corrected chi connectivity index (χ4v) is 1.97. The zero-order valence-electron chi connectivity index (χ0n) is 5.91. The number of nitrogens with zero attached hydrogens (tertiary/aromatic N) is 1. The highest BCUT2D eigenvalue weighted by atomic mass is 32.2. The monoisotopic (exact) mass is 161 g/mol. The minimum atomic E-state index is -0.688. The van der Waals surface area contributed by atoms with Crippen LogP contribution in [0, 0.1) is 0 Å². The van der Waals surface area contributed by atoms with E-state index in [1.165, 1.54) is 11.9 Å². The molecule has 1 saturated heterocycles. The molecule has 0 spiro atoms. The molecule has 1 atom stereocenters. The van der Waals surface area contributed by atoms with Crippen LogP contribution in [0.4, 0.5) is 0 Å². The molecule has 10 heavy (non-hydrogen) atoms. The van der Waals surface area contributed by atoms with Gasteiger partial charge in [-0.25, -0.2) is 4.31 Å². The zero-order valence-corrected chi connectivity index (χ0v) is 6.73. The fraction of sp³-hybridized carbons (Fsp3) is 0.833. The van der Waals surface area contributed by atoms with Crippen LogP contribution in [0.25, 0.3) is 0 Å². The van der Waals surface area contributed by atoms with Crippen LogP contribution < -0.4 is 0 Å². The van der Waals surface area contributed by atoms with Gasteiger partial charge in [-0.05, 0) is 19.1 Å². The highest BCUT2D eigenvalue weighted by Gasteiger charge is 2.29. The Bertz CT molecular complexity index is 140. The maximum absolute atomic E-state index is 10.5. The van der Waals surface area contributed by atoms with Crippen molar-refractivity contribution in [3.05, 3.63) is 0 Å². The smallest absolute Gasteiger partial charge is 0.321 e. The molecule has 0 aliphatic carbocycles. The normalized spacial score (nSPS) is 27.1. The first kappa shape index (κ1) is 7.88. The SMILES string of the molecule is CSN1CCC[C@H]1C(=O)O. The molecular formula is C6H11NO2S. The first-order chi connectivity index (χ1) is 4.75. The van der Waals surface area contributed by atoms with E-state index in [1.54, 1.807) is 0 Å². The third-order valence-corrected chi connectivity index (χ3v) is 2.63. The molecular weight excluding hydrogens is 150 g/mol. The second-order valence-corrected chi connectivity index (χ2v) is 3.15. The van der Waals surface area contributed by atoms with Crippen molar-refractivity contribution < 1.29 is 9.90 Å². The summed E-state index contributed by atoms with van der Waals surface area (Å²) in [6, 6.07) is -0.241. The quantitative estimate of drug-likeness (QED) is 0.608. The summed E-state index contributed by atoms with van der Waals surface area (Å²) in [7, 11) is 0. The van der Waals surface area contributed by atoms with E-state index in [-0.39, 0.29) is 6.04 Å². The Labute approximate surface area is 64.5 Å². The third-order valence-electron chi connectivity index (χ3n) is 1.72. The van der Waals surface area contributed by atoms with Gasteiger partial charge < -0.3 is 5.11 Å². The van der Waals surface area contributed by atoms with Gasteiger partial charge in [-0.1, -0.05) is 11.9 Å². The van der Waals surface area contributed by atoms with E-state index in [0.717, 1.165) is 19.4 Å². The highest BCUT2D eigenvalue weighted by Crippen LogP contribution is 2.23. The van der Waals surface area contributed by atoms with Crippen molar-refractivity contribution in [3.8, 4) is 0 Å². The third kappa shape index (κ3) is 1.44. The van der Waals surface area contributed by atoms with Crippen LogP contribution in [0.2, 0.25) is 0 Å². The molecule has 1 aliphatic heterocycles. The fourth-order valence-electron chi connectivity index (χ4n) is 1.21. The second-order valence-electron chi connectivity index (χ2n) is 2.32. The summed E-state index contributed by atoms with van der Waals surface area (Å²) in [6.07, 6.45) is 3.73. The van der Waals surface area contributed by atoms with Crippen molar-refractivity contribution >= 4 is 17.9 Å². The average Bonchev–Trinajstić information content (AvgIpc) is 2.33. The van der Waals surface area contributed by atoms with Crippen molar-refractivity contribution in [1.82, 2.24) is 4.31 Å². The maximum Gasteiger partial charge on any atom is 0.321 e. The number of aliphatic carboxylic acids is 1. The number of carboxylic acid groups (broad SMARTS) is 1. The zero-order chi connectivity index (χ0) is 7.56. The Balaban J connectivity index is 2.50. The van der Waals surface area contributed by atoms with Gasteiger partial charge in [-0.15, -0.1) is 0 Å². The van der Waals surface area contributed by atoms with E-state index in [4.69, 9.17) is 5.11 Å². The highest BCUT2D eigenvalue weighted by molar-refractivity contribution is 7.96. The van der Waals surface area contributed by atoms with Gasteiger partial charge in [-0.3, -0.25) is 4.79 Å². The standard InChI is InChI=1S/C6H11NO2S/c1-10-7-4-2-3-5(7)6(8)9/h5H,2-4H2,1H3,(H,8,9)/t5-/m0/s1. The molecule has 1 rings (SSSR count). The molecule has 3 nitrogen and oxygen atoms in total. The lowest BCUT2D eigenvalue weighted by atomic mass is 10.2. The maximum atomic E-state index is 10.5. The van der Waals surface area contributed by atoms with Crippen LogP contribution in [0.15, 0.2) is 0 Å². The number of rotatable bonds is 2. The minimum absolute atomic E-state index is 0.241. The van der Waals surface area contributed by atoms with Crippen molar-refractivity contribution in [3.63, 3.8) is 0 Å². The average molecular weight is 161 g/mol. The van der Waals surface area contributed by atoms with Gasteiger partial charge in [0.1, 0.15) is 6.04 Å². The summed E-state index contributed by atoms with van der Waals surface area (Å²) in [6.45, 7) is 0.915. The van der Waals surface area contributed by atoms with Gasteiger partial charge in [0.2, 0.25) is 0 Å². The van der Waals surface area contributed by atoms with E-state index in [2.05, 4.69) is 0 Å². The van der Waals surface area contributed by atoms with Crippen molar-refractivity contribution in [2.75, 3.05) is 12.8 Å². The number of hydrogen-bond acceptors (Lipinski definition) is 3. The summed E-state index contributed by atoms with van der Waals surface area (Å²) in [5, 5.41) is 8.66. The summed E-state index contributed by atoms with van der Waals surface area (Å²) < 4.78 is 1.92. The topological polar surface area (TPSA) is 40.5 Å². The number of carboxylic acids is 1. The molecule has 0 radical (unpaired) electrons. The summed E-state index contributed by atoms with van der Waals surface area (Å²) in [5.74, 6) is -0.688. The molecule has 1 heterocycles. The van der Waals surface area contributed by atoms with E-state index in [0.29, 0.717) is 0 Å². The van der Waals surface area contributed by atoms with Gasteiger partial charge in [0.15, 0.2) is 0 Å². The Morgan fingerprint density at radius 2 is 2.50 bits per heavy atom. The van der Waals surface area contributed by atoms with Gasteiger partial charge in [0, 0.05) is 6.54 Å². The molecule has 0 amide bonds. The Hall–Kier alpha value is -0.220. The predicted molar refractivity (Wildman–Crippen MR) is 40.9 cm³/mol. The largest absolute Gasteiger partial charge is 0.480 e. The predicted octanol–water partition coefficient (Wildman–Crippen LogP) is 0.813. The lowest BCUT2D eigenvalue weighted by molar-refractivity contribution is -0.140. The number of hydrogen-bond donors (Lipinski definition) is 1. The lowest BCUT2D eigenvalue weighted by Crippen LogP contribution is -2.30. The van der Waals surface area contributed by atoms with E-state index < -0.39 is 5.97 Å². The molecule has 0 saturated carbocycles. The Kier molecular flexibility index (Phi) is 2.56. The van der Waals surface area contributed by atoms with Crippen molar-refractivity contribution in [2.45, 2.75) is 18.9 Å². The Morgan fingerprint density at radius 3 is 2.90 bits per heavy atom. The second kappa shape index (κ2) is 3.25. The van der Waals surface area contributed by atoms with E-state index >= 15 is 0 Å². The molecule has 0 bridgehead atoms. The Morgan fingerprint density at radius 1 is 1.80 bits per heavy atom. The van der Waals surface area contributed by atoms with Gasteiger partial charge >= 0.3 is 5.97 Å². The molecule has 4 heteroatoms. The molecule has 1 aliphatic rings. The first-order valence-corrected chi connectivity index (χ1v) is 4.47. The minimum Gasteiger partial charge on any atom is -0.480 e. The molecule has 1 fully saturated rings. The van der Waals surface area contributed by atoms with Crippen LogP contribution >= 0.6 is 11.9 Å². The van der Waals surface area contributed by atoms with Crippen LogP contribution in [0.3, 0.4) is 0 Å². The van der Waals surface area contributed by atoms with Gasteiger partial charge in [0.25, 0.3) is 0 Å².